The van der Waals surface area contributed by atoms with Crippen LogP contribution in [0.3, 0.4) is 0 Å². The molecule has 0 saturated heterocycles. The largest absolute Gasteiger partial charge is 0.387 e. The summed E-state index contributed by atoms with van der Waals surface area (Å²) in [4.78, 5) is 0. The van der Waals surface area contributed by atoms with Crippen molar-refractivity contribution in [2.45, 2.75) is 34.1 Å². The van der Waals surface area contributed by atoms with Crippen LogP contribution >= 0.6 is 12.6 Å². The highest BCUT2D eigenvalue weighted by Gasteiger charge is 2.11. The average Bonchev–Trinajstić information content (AvgIpc) is 2.40. The second kappa shape index (κ2) is 9.09. The van der Waals surface area contributed by atoms with E-state index in [-0.39, 0.29) is 0 Å². The minimum Gasteiger partial charge on any atom is -0.387 e. The average molecular weight is 265 g/mol. The van der Waals surface area contributed by atoms with E-state index in [1.165, 1.54) is 22.4 Å². The Labute approximate surface area is 118 Å². The summed E-state index contributed by atoms with van der Waals surface area (Å²) in [7, 11) is 1.97. The zero-order valence-electron chi connectivity index (χ0n) is 12.4. The topological polar surface area (TPSA) is 12.0 Å². The number of thiol groups is 1. The quantitative estimate of drug-likeness (QED) is 0.722. The minimum atomic E-state index is 0.471. The van der Waals surface area contributed by atoms with E-state index in [0.29, 0.717) is 5.92 Å². The summed E-state index contributed by atoms with van der Waals surface area (Å²) < 4.78 is 0. The van der Waals surface area contributed by atoms with E-state index in [1.807, 2.05) is 20.9 Å². The SMILES string of the molecule is C=C(c1cccc(CCS)c1NC)C(C)C.CC. The third kappa shape index (κ3) is 4.41. The van der Waals surface area contributed by atoms with Gasteiger partial charge in [0, 0.05) is 18.3 Å². The maximum absolute atomic E-state index is 4.29. The van der Waals surface area contributed by atoms with Crippen molar-refractivity contribution in [2.24, 2.45) is 5.92 Å². The number of benzene rings is 1. The Balaban J connectivity index is 0.00000137. The number of aryl methyl sites for hydroxylation is 1. The number of allylic oxidation sites excluding steroid dienone is 1. The molecule has 0 fully saturated rings. The number of anilines is 1. The van der Waals surface area contributed by atoms with Crippen molar-refractivity contribution in [1.29, 1.82) is 0 Å². The van der Waals surface area contributed by atoms with Crippen LogP contribution in [-0.4, -0.2) is 12.8 Å². The highest BCUT2D eigenvalue weighted by Crippen LogP contribution is 2.30. The standard InChI is InChI=1S/C14H21NS.C2H6/c1-10(2)11(3)13-7-5-6-12(8-9-16)14(13)15-4;1-2/h5-7,10,15-16H,3,8-9H2,1-2,4H3;1-2H3. The van der Waals surface area contributed by atoms with Crippen molar-refractivity contribution in [3.05, 3.63) is 35.9 Å². The summed E-state index contributed by atoms with van der Waals surface area (Å²) in [6.07, 6.45) is 0.985. The van der Waals surface area contributed by atoms with Crippen molar-refractivity contribution in [1.82, 2.24) is 0 Å². The van der Waals surface area contributed by atoms with Crippen LogP contribution in [0.4, 0.5) is 5.69 Å². The van der Waals surface area contributed by atoms with Gasteiger partial charge in [-0.25, -0.2) is 0 Å². The highest BCUT2D eigenvalue weighted by molar-refractivity contribution is 7.80. The van der Waals surface area contributed by atoms with Crippen LogP contribution in [0.15, 0.2) is 24.8 Å². The first-order valence-electron chi connectivity index (χ1n) is 6.71. The Morgan fingerprint density at radius 1 is 1.33 bits per heavy atom. The number of rotatable bonds is 5. The first-order chi connectivity index (χ1) is 8.61. The van der Waals surface area contributed by atoms with E-state index < -0.39 is 0 Å². The monoisotopic (exact) mass is 265 g/mol. The normalized spacial score (nSPS) is 9.72. The first-order valence-corrected chi connectivity index (χ1v) is 7.34. The Bertz CT molecular complexity index is 369. The second-order valence-electron chi connectivity index (χ2n) is 4.24. The van der Waals surface area contributed by atoms with Gasteiger partial charge >= 0.3 is 0 Å². The lowest BCUT2D eigenvalue weighted by Crippen LogP contribution is -2.03. The second-order valence-corrected chi connectivity index (χ2v) is 4.69. The summed E-state index contributed by atoms with van der Waals surface area (Å²) in [5.74, 6) is 1.34. The van der Waals surface area contributed by atoms with Gasteiger partial charge in [-0.2, -0.15) is 12.6 Å². The molecule has 0 spiro atoms. The van der Waals surface area contributed by atoms with E-state index >= 15 is 0 Å². The van der Waals surface area contributed by atoms with E-state index in [0.717, 1.165) is 12.2 Å². The number of nitrogens with one attached hydrogen (secondary N) is 1. The molecule has 0 heterocycles. The van der Waals surface area contributed by atoms with Gasteiger partial charge in [0.2, 0.25) is 0 Å². The molecule has 0 aliphatic carbocycles. The maximum atomic E-state index is 4.29. The summed E-state index contributed by atoms with van der Waals surface area (Å²) in [6, 6.07) is 6.39. The summed E-state index contributed by atoms with van der Waals surface area (Å²) >= 11 is 4.29. The molecular formula is C16H27NS. The number of hydrogen-bond acceptors (Lipinski definition) is 2. The molecule has 0 aromatic heterocycles. The molecule has 0 saturated carbocycles. The van der Waals surface area contributed by atoms with Gasteiger partial charge in [0.15, 0.2) is 0 Å². The Morgan fingerprint density at radius 3 is 2.39 bits per heavy atom. The lowest BCUT2D eigenvalue weighted by molar-refractivity contribution is 0.857. The molecule has 0 unspecified atom stereocenters. The Morgan fingerprint density at radius 2 is 1.94 bits per heavy atom. The Hall–Kier alpha value is -0.890. The van der Waals surface area contributed by atoms with Gasteiger partial charge in [0.05, 0.1) is 0 Å². The summed E-state index contributed by atoms with van der Waals surface area (Å²) in [5.41, 5.74) is 4.94. The van der Waals surface area contributed by atoms with E-state index in [2.05, 4.69) is 56.6 Å². The fraction of sp³-hybridized carbons (Fsp3) is 0.500. The van der Waals surface area contributed by atoms with Crippen LogP contribution in [0.25, 0.3) is 5.57 Å². The van der Waals surface area contributed by atoms with Crippen molar-refractivity contribution in [3.8, 4) is 0 Å². The molecule has 0 radical (unpaired) electrons. The van der Waals surface area contributed by atoms with Gasteiger partial charge in [-0.3, -0.25) is 0 Å². The molecule has 1 aromatic carbocycles. The van der Waals surface area contributed by atoms with Crippen LogP contribution in [0.2, 0.25) is 0 Å². The van der Waals surface area contributed by atoms with Crippen molar-refractivity contribution < 1.29 is 0 Å². The van der Waals surface area contributed by atoms with Gasteiger partial charge in [0.1, 0.15) is 0 Å². The zero-order chi connectivity index (χ0) is 14.1. The molecule has 102 valence electrons. The first kappa shape index (κ1) is 17.1. The molecule has 18 heavy (non-hydrogen) atoms. The Kier molecular flexibility index (Phi) is 8.65. The van der Waals surface area contributed by atoms with Crippen LogP contribution in [0.5, 0.6) is 0 Å². The molecule has 0 aliphatic heterocycles. The van der Waals surface area contributed by atoms with Gasteiger partial charge < -0.3 is 5.32 Å². The highest BCUT2D eigenvalue weighted by atomic mass is 32.1. The van der Waals surface area contributed by atoms with Crippen LogP contribution < -0.4 is 5.32 Å². The lowest BCUT2D eigenvalue weighted by atomic mass is 9.93. The number of hydrogen-bond donors (Lipinski definition) is 2. The van der Waals surface area contributed by atoms with Gasteiger partial charge in [-0.15, -0.1) is 0 Å². The summed E-state index contributed by atoms with van der Waals surface area (Å²) in [5, 5.41) is 3.29. The molecule has 1 rings (SSSR count). The van der Waals surface area contributed by atoms with E-state index in [1.54, 1.807) is 0 Å². The molecule has 0 aliphatic rings. The zero-order valence-corrected chi connectivity index (χ0v) is 13.3. The molecule has 1 N–H and O–H groups in total. The maximum Gasteiger partial charge on any atom is 0.0446 e. The van der Waals surface area contributed by atoms with Crippen molar-refractivity contribution in [2.75, 3.05) is 18.1 Å². The van der Waals surface area contributed by atoms with E-state index in [9.17, 15) is 0 Å². The fourth-order valence-corrected chi connectivity index (χ4v) is 2.04. The minimum absolute atomic E-state index is 0.471. The third-order valence-electron chi connectivity index (χ3n) is 2.82. The lowest BCUT2D eigenvalue weighted by Gasteiger charge is -2.17. The van der Waals surface area contributed by atoms with Crippen molar-refractivity contribution >= 4 is 23.9 Å². The smallest absolute Gasteiger partial charge is 0.0446 e. The fourth-order valence-electron chi connectivity index (χ4n) is 1.80. The molecule has 0 bridgehead atoms. The molecular weight excluding hydrogens is 238 g/mol. The molecule has 0 amide bonds. The molecule has 0 atom stereocenters. The third-order valence-corrected chi connectivity index (χ3v) is 3.05. The predicted molar refractivity (Wildman–Crippen MR) is 88.8 cm³/mol. The van der Waals surface area contributed by atoms with Crippen LogP contribution in [0.1, 0.15) is 38.8 Å². The number of para-hydroxylation sites is 1. The van der Waals surface area contributed by atoms with Crippen LogP contribution in [-0.2, 0) is 6.42 Å². The van der Waals surface area contributed by atoms with E-state index in [4.69, 9.17) is 0 Å². The van der Waals surface area contributed by atoms with Crippen LogP contribution in [0, 0.1) is 5.92 Å². The summed E-state index contributed by atoms with van der Waals surface area (Å²) in [6.45, 7) is 12.5. The van der Waals surface area contributed by atoms with Gasteiger partial charge in [-0.05, 0) is 29.2 Å². The molecule has 1 aromatic rings. The molecule has 2 heteroatoms. The predicted octanol–water partition coefficient (Wildman–Crippen LogP) is 4.90. The van der Waals surface area contributed by atoms with Crippen molar-refractivity contribution in [3.63, 3.8) is 0 Å². The van der Waals surface area contributed by atoms with Gasteiger partial charge in [0.25, 0.3) is 0 Å². The molecule has 1 nitrogen and oxygen atoms in total. The van der Waals surface area contributed by atoms with Gasteiger partial charge in [-0.1, -0.05) is 52.5 Å².